The van der Waals surface area contributed by atoms with Crippen molar-refractivity contribution >= 4 is 11.8 Å². The van der Waals surface area contributed by atoms with E-state index in [1.54, 1.807) is 11.1 Å². The quantitative estimate of drug-likeness (QED) is 0.893. The minimum Gasteiger partial charge on any atom is -0.394 e. The molecule has 6 nitrogen and oxygen atoms in total. The van der Waals surface area contributed by atoms with Gasteiger partial charge in [0, 0.05) is 38.9 Å². The molecule has 6 heteroatoms. The molecule has 0 radical (unpaired) electrons. The number of aromatic nitrogens is 1. The number of amides is 2. The molecule has 0 spiro atoms. The van der Waals surface area contributed by atoms with Crippen molar-refractivity contribution in [1.29, 1.82) is 0 Å². The van der Waals surface area contributed by atoms with E-state index in [1.807, 2.05) is 49.3 Å². The highest BCUT2D eigenvalue weighted by atomic mass is 16.3. The van der Waals surface area contributed by atoms with Crippen LogP contribution in [0.4, 0.5) is 10.6 Å². The van der Waals surface area contributed by atoms with E-state index in [1.165, 1.54) is 5.56 Å². The molecule has 3 rings (SSSR count). The molecule has 0 fully saturated rings. The van der Waals surface area contributed by atoms with Crippen LogP contribution in [0.15, 0.2) is 42.6 Å². The van der Waals surface area contributed by atoms with Crippen LogP contribution in [0.3, 0.4) is 0 Å². The van der Waals surface area contributed by atoms with Gasteiger partial charge in [0.05, 0.1) is 12.6 Å². The van der Waals surface area contributed by atoms with Gasteiger partial charge in [0.25, 0.3) is 0 Å². The molecule has 1 aliphatic heterocycles. The third kappa shape index (κ3) is 3.58. The Hall–Kier alpha value is -2.60. The van der Waals surface area contributed by atoms with Gasteiger partial charge >= 0.3 is 6.03 Å². The van der Waals surface area contributed by atoms with E-state index >= 15 is 0 Å². The maximum atomic E-state index is 12.7. The minimum absolute atomic E-state index is 0.0831. The Bertz CT molecular complexity index is 748. The summed E-state index contributed by atoms with van der Waals surface area (Å²) in [5, 5.41) is 12.8. The average molecular weight is 340 g/mol. The molecule has 1 aromatic heterocycles. The molecule has 0 saturated heterocycles. The second kappa shape index (κ2) is 7.53. The lowest BCUT2D eigenvalue weighted by Gasteiger charge is -2.36. The van der Waals surface area contributed by atoms with Crippen molar-refractivity contribution < 1.29 is 9.90 Å². The van der Waals surface area contributed by atoms with Gasteiger partial charge in [0.1, 0.15) is 5.82 Å². The zero-order valence-corrected chi connectivity index (χ0v) is 14.6. The summed E-state index contributed by atoms with van der Waals surface area (Å²) in [7, 11) is 3.86. The molecule has 25 heavy (non-hydrogen) atoms. The number of rotatable bonds is 4. The van der Waals surface area contributed by atoms with Gasteiger partial charge in [0.15, 0.2) is 0 Å². The fourth-order valence-corrected chi connectivity index (χ4v) is 3.33. The highest BCUT2D eigenvalue weighted by molar-refractivity contribution is 5.75. The second-order valence-corrected chi connectivity index (χ2v) is 6.38. The lowest BCUT2D eigenvalue weighted by Crippen LogP contribution is -2.46. The zero-order chi connectivity index (χ0) is 17.8. The van der Waals surface area contributed by atoms with E-state index in [0.717, 1.165) is 23.4 Å². The zero-order valence-electron chi connectivity index (χ0n) is 14.6. The maximum Gasteiger partial charge on any atom is 0.318 e. The van der Waals surface area contributed by atoms with E-state index in [2.05, 4.69) is 16.4 Å². The second-order valence-electron chi connectivity index (χ2n) is 6.38. The number of carbonyl (C=O) groups is 1. The average Bonchev–Trinajstić information content (AvgIpc) is 2.65. The number of nitrogens with one attached hydrogen (secondary N) is 1. The van der Waals surface area contributed by atoms with Crippen LogP contribution in [0.25, 0.3) is 0 Å². The summed E-state index contributed by atoms with van der Waals surface area (Å²) in [6.07, 6.45) is 2.54. The van der Waals surface area contributed by atoms with Gasteiger partial charge in [-0.2, -0.15) is 0 Å². The number of carbonyl (C=O) groups excluding carboxylic acids is 1. The number of pyridine rings is 1. The summed E-state index contributed by atoms with van der Waals surface area (Å²) in [5.41, 5.74) is 3.19. The van der Waals surface area contributed by atoms with Gasteiger partial charge in [0.2, 0.25) is 0 Å². The normalized spacial score (nSPS) is 16.3. The number of aliphatic hydroxyl groups excluding tert-OH is 1. The SMILES string of the molecule is CN(C)c1ncccc1CNC(=O)N1CCc2ccccc2[C@@H]1CO. The van der Waals surface area contributed by atoms with Crippen molar-refractivity contribution in [2.24, 2.45) is 0 Å². The first-order chi connectivity index (χ1) is 12.1. The molecule has 1 atom stereocenters. The molecular weight excluding hydrogens is 316 g/mol. The van der Waals surface area contributed by atoms with Crippen LogP contribution in [0.2, 0.25) is 0 Å². The Labute approximate surface area is 148 Å². The lowest BCUT2D eigenvalue weighted by atomic mass is 9.93. The molecule has 1 aliphatic rings. The Morgan fingerprint density at radius 1 is 1.32 bits per heavy atom. The lowest BCUT2D eigenvalue weighted by molar-refractivity contribution is 0.126. The van der Waals surface area contributed by atoms with Gasteiger partial charge in [-0.25, -0.2) is 9.78 Å². The number of anilines is 1. The topological polar surface area (TPSA) is 68.7 Å². The summed E-state index contributed by atoms with van der Waals surface area (Å²) in [6.45, 7) is 0.915. The summed E-state index contributed by atoms with van der Waals surface area (Å²) >= 11 is 0. The monoisotopic (exact) mass is 340 g/mol. The van der Waals surface area contributed by atoms with Gasteiger partial charge in [-0.1, -0.05) is 30.3 Å². The predicted octanol–water partition coefficient (Wildman–Crippen LogP) is 1.95. The van der Waals surface area contributed by atoms with E-state index in [4.69, 9.17) is 0 Å². The number of hydrogen-bond acceptors (Lipinski definition) is 4. The number of fused-ring (bicyclic) bond motifs is 1. The molecule has 132 valence electrons. The van der Waals surface area contributed by atoms with Crippen LogP contribution < -0.4 is 10.2 Å². The highest BCUT2D eigenvalue weighted by Gasteiger charge is 2.30. The number of hydrogen-bond donors (Lipinski definition) is 2. The molecule has 0 bridgehead atoms. The molecule has 0 aliphatic carbocycles. The molecule has 2 N–H and O–H groups in total. The summed E-state index contributed by atoms with van der Waals surface area (Å²) in [5.74, 6) is 0.838. The fraction of sp³-hybridized carbons (Fsp3) is 0.368. The van der Waals surface area contributed by atoms with Crippen molar-refractivity contribution in [1.82, 2.24) is 15.2 Å². The number of benzene rings is 1. The van der Waals surface area contributed by atoms with Gasteiger partial charge in [-0.05, 0) is 23.6 Å². The number of urea groups is 1. The van der Waals surface area contributed by atoms with Crippen molar-refractivity contribution in [3.05, 3.63) is 59.3 Å². The molecule has 2 amide bonds. The van der Waals surface area contributed by atoms with Crippen molar-refractivity contribution in [3.8, 4) is 0 Å². The largest absolute Gasteiger partial charge is 0.394 e. The smallest absolute Gasteiger partial charge is 0.318 e. The maximum absolute atomic E-state index is 12.7. The van der Waals surface area contributed by atoms with E-state index < -0.39 is 0 Å². The summed E-state index contributed by atoms with van der Waals surface area (Å²) < 4.78 is 0. The predicted molar refractivity (Wildman–Crippen MR) is 97.5 cm³/mol. The highest BCUT2D eigenvalue weighted by Crippen LogP contribution is 2.29. The summed E-state index contributed by atoms with van der Waals surface area (Å²) in [6, 6.07) is 11.3. The van der Waals surface area contributed by atoms with E-state index in [0.29, 0.717) is 13.1 Å². The molecular formula is C19H24N4O2. The number of aliphatic hydroxyl groups is 1. The first kappa shape index (κ1) is 17.2. The molecule has 0 saturated carbocycles. The first-order valence-electron chi connectivity index (χ1n) is 8.46. The van der Waals surface area contributed by atoms with E-state index in [9.17, 15) is 9.90 Å². The standard InChI is InChI=1S/C19H24N4O2/c1-22(2)18-15(7-5-10-20-18)12-21-19(25)23-11-9-14-6-3-4-8-16(14)17(23)13-24/h3-8,10,17,24H,9,11-13H2,1-2H3,(H,21,25)/t17-/m0/s1. The van der Waals surface area contributed by atoms with Crippen LogP contribution in [0.5, 0.6) is 0 Å². The van der Waals surface area contributed by atoms with Crippen molar-refractivity contribution in [2.45, 2.75) is 19.0 Å². The van der Waals surface area contributed by atoms with Crippen LogP contribution in [0, 0.1) is 0 Å². The third-order valence-electron chi connectivity index (χ3n) is 4.57. The van der Waals surface area contributed by atoms with Gasteiger partial charge in [-0.3, -0.25) is 0 Å². The fourth-order valence-electron chi connectivity index (χ4n) is 3.33. The van der Waals surface area contributed by atoms with Crippen molar-refractivity contribution in [3.63, 3.8) is 0 Å². The van der Waals surface area contributed by atoms with E-state index in [-0.39, 0.29) is 18.7 Å². The van der Waals surface area contributed by atoms with Crippen LogP contribution in [-0.4, -0.2) is 48.3 Å². The summed E-state index contributed by atoms with van der Waals surface area (Å²) in [4.78, 5) is 20.7. The van der Waals surface area contributed by atoms with Crippen molar-refractivity contribution in [2.75, 3.05) is 32.1 Å². The molecule has 1 aromatic carbocycles. The Kier molecular flexibility index (Phi) is 5.19. The van der Waals surface area contributed by atoms with Crippen LogP contribution in [-0.2, 0) is 13.0 Å². The first-order valence-corrected chi connectivity index (χ1v) is 8.46. The third-order valence-corrected chi connectivity index (χ3v) is 4.57. The molecule has 2 aromatic rings. The van der Waals surface area contributed by atoms with Gasteiger partial charge in [-0.15, -0.1) is 0 Å². The Balaban J connectivity index is 1.72. The minimum atomic E-state index is -0.299. The van der Waals surface area contributed by atoms with Gasteiger partial charge < -0.3 is 20.2 Å². The van der Waals surface area contributed by atoms with Crippen LogP contribution in [0.1, 0.15) is 22.7 Å². The number of nitrogens with zero attached hydrogens (tertiary/aromatic N) is 3. The Morgan fingerprint density at radius 2 is 2.12 bits per heavy atom. The molecule has 0 unspecified atom stereocenters. The Morgan fingerprint density at radius 3 is 2.88 bits per heavy atom. The van der Waals surface area contributed by atoms with Crippen LogP contribution >= 0.6 is 0 Å². The molecule has 2 heterocycles.